The van der Waals surface area contributed by atoms with E-state index in [0.29, 0.717) is 32.1 Å². The van der Waals surface area contributed by atoms with E-state index in [-0.39, 0.29) is 17.9 Å². The highest BCUT2D eigenvalue weighted by Gasteiger charge is 2.40. The largest absolute Gasteiger partial charge is 0.339 e. The van der Waals surface area contributed by atoms with E-state index in [1.54, 1.807) is 11.1 Å². The van der Waals surface area contributed by atoms with Crippen molar-refractivity contribution in [1.29, 1.82) is 0 Å². The summed E-state index contributed by atoms with van der Waals surface area (Å²) in [6.07, 6.45) is 1.73. The van der Waals surface area contributed by atoms with E-state index in [4.69, 9.17) is 0 Å². The van der Waals surface area contributed by atoms with Crippen molar-refractivity contribution < 1.29 is 9.59 Å². The molecule has 7 nitrogen and oxygen atoms in total. The second-order valence-electron chi connectivity index (χ2n) is 5.94. The quantitative estimate of drug-likeness (QED) is 0.797. The molecule has 1 aromatic rings. The van der Waals surface area contributed by atoms with Gasteiger partial charge >= 0.3 is 0 Å². The number of amides is 2. The van der Waals surface area contributed by atoms with Crippen molar-refractivity contribution in [2.24, 2.45) is 0 Å². The third-order valence-corrected chi connectivity index (χ3v) is 4.43. The van der Waals surface area contributed by atoms with Crippen molar-refractivity contribution in [2.75, 3.05) is 39.8 Å². The third kappa shape index (κ3) is 2.65. The van der Waals surface area contributed by atoms with Gasteiger partial charge < -0.3 is 14.7 Å². The summed E-state index contributed by atoms with van der Waals surface area (Å²) in [5.41, 5.74) is 1.07. The van der Waals surface area contributed by atoms with Gasteiger partial charge in [-0.05, 0) is 13.1 Å². The normalized spacial score (nSPS) is 24.0. The van der Waals surface area contributed by atoms with E-state index in [2.05, 4.69) is 15.1 Å². The minimum absolute atomic E-state index is 0.0212. The van der Waals surface area contributed by atoms with Gasteiger partial charge in [-0.15, -0.1) is 0 Å². The minimum Gasteiger partial charge on any atom is -0.339 e. The van der Waals surface area contributed by atoms with E-state index >= 15 is 0 Å². The average molecular weight is 291 g/mol. The zero-order valence-corrected chi connectivity index (χ0v) is 12.5. The first-order valence-electron chi connectivity index (χ1n) is 7.30. The molecule has 1 aromatic heterocycles. The van der Waals surface area contributed by atoms with E-state index in [1.807, 2.05) is 18.0 Å². The number of carbonyl (C=O) groups is 2. The zero-order valence-electron chi connectivity index (χ0n) is 12.5. The molecule has 0 aliphatic carbocycles. The summed E-state index contributed by atoms with van der Waals surface area (Å²) < 4.78 is 0. The van der Waals surface area contributed by atoms with Crippen LogP contribution in [0, 0.1) is 0 Å². The van der Waals surface area contributed by atoms with Gasteiger partial charge in [-0.25, -0.2) is 0 Å². The highest BCUT2D eigenvalue weighted by Crippen LogP contribution is 2.27. The first-order chi connectivity index (χ1) is 10.1. The molecule has 114 valence electrons. The summed E-state index contributed by atoms with van der Waals surface area (Å²) in [7, 11) is 1.99. The number of nitrogens with one attached hydrogen (secondary N) is 1. The topological polar surface area (TPSA) is 72.5 Å². The summed E-state index contributed by atoms with van der Waals surface area (Å²) >= 11 is 0. The van der Waals surface area contributed by atoms with E-state index in [0.717, 1.165) is 12.2 Å². The molecular formula is C14H21N5O2. The minimum atomic E-state index is -0.344. The van der Waals surface area contributed by atoms with Crippen LogP contribution in [-0.4, -0.2) is 82.5 Å². The SMILES string of the molecule is CC(=O)N1CCN(C)CC1C(=O)N1CC(c2ccn[nH]2)C1. The Kier molecular flexibility index (Phi) is 3.67. The predicted octanol–water partition coefficient (Wildman–Crippen LogP) is -0.502. The molecule has 2 saturated heterocycles. The highest BCUT2D eigenvalue weighted by molar-refractivity contribution is 5.88. The van der Waals surface area contributed by atoms with Gasteiger partial charge in [0.1, 0.15) is 6.04 Å². The standard InChI is InChI=1S/C14H21N5O2/c1-10(20)19-6-5-17(2)9-13(19)14(21)18-7-11(8-18)12-3-4-15-16-12/h3-4,11,13H,5-9H2,1-2H3,(H,15,16). The van der Waals surface area contributed by atoms with Crippen molar-refractivity contribution in [2.45, 2.75) is 18.9 Å². The van der Waals surface area contributed by atoms with Crippen LogP contribution in [0.15, 0.2) is 12.3 Å². The van der Waals surface area contributed by atoms with Gasteiger partial charge in [0.25, 0.3) is 0 Å². The molecule has 0 bridgehead atoms. The lowest BCUT2D eigenvalue weighted by atomic mass is 9.95. The van der Waals surface area contributed by atoms with Crippen molar-refractivity contribution in [3.8, 4) is 0 Å². The molecule has 1 N–H and O–H groups in total. The van der Waals surface area contributed by atoms with Crippen LogP contribution in [0.5, 0.6) is 0 Å². The number of likely N-dealkylation sites (tertiary alicyclic amines) is 1. The number of aromatic nitrogens is 2. The number of aromatic amines is 1. The fraction of sp³-hybridized carbons (Fsp3) is 0.643. The molecule has 3 rings (SSSR count). The number of nitrogens with zero attached hydrogens (tertiary/aromatic N) is 4. The lowest BCUT2D eigenvalue weighted by molar-refractivity contribution is -0.151. The Labute approximate surface area is 123 Å². The molecular weight excluding hydrogens is 270 g/mol. The molecule has 1 unspecified atom stereocenters. The molecule has 2 aliphatic rings. The Morgan fingerprint density at radius 3 is 2.67 bits per heavy atom. The van der Waals surface area contributed by atoms with Crippen LogP contribution in [0.4, 0.5) is 0 Å². The highest BCUT2D eigenvalue weighted by atomic mass is 16.2. The first kappa shape index (κ1) is 14.1. The number of carbonyl (C=O) groups excluding carboxylic acids is 2. The molecule has 0 aromatic carbocycles. The van der Waals surface area contributed by atoms with Crippen LogP contribution in [-0.2, 0) is 9.59 Å². The number of likely N-dealkylation sites (N-methyl/N-ethyl adjacent to an activating group) is 1. The number of rotatable bonds is 2. The van der Waals surface area contributed by atoms with E-state index in [9.17, 15) is 9.59 Å². The molecule has 21 heavy (non-hydrogen) atoms. The van der Waals surface area contributed by atoms with Gasteiger partial charge in [0.2, 0.25) is 11.8 Å². The van der Waals surface area contributed by atoms with Crippen LogP contribution in [0.25, 0.3) is 0 Å². The van der Waals surface area contributed by atoms with Crippen LogP contribution in [0.2, 0.25) is 0 Å². The molecule has 3 heterocycles. The van der Waals surface area contributed by atoms with Crippen molar-refractivity contribution in [3.63, 3.8) is 0 Å². The van der Waals surface area contributed by atoms with Gasteiger partial charge in [0.15, 0.2) is 0 Å². The molecule has 1 atom stereocenters. The maximum atomic E-state index is 12.6. The molecule has 0 spiro atoms. The zero-order chi connectivity index (χ0) is 15.0. The smallest absolute Gasteiger partial charge is 0.246 e. The maximum Gasteiger partial charge on any atom is 0.246 e. The average Bonchev–Trinajstić information content (AvgIpc) is 2.90. The van der Waals surface area contributed by atoms with Crippen molar-refractivity contribution >= 4 is 11.8 Å². The van der Waals surface area contributed by atoms with E-state index < -0.39 is 0 Å². The number of hydrogen-bond acceptors (Lipinski definition) is 4. The number of H-pyrrole nitrogens is 1. The van der Waals surface area contributed by atoms with Crippen LogP contribution in [0.3, 0.4) is 0 Å². The van der Waals surface area contributed by atoms with Gasteiger partial charge in [-0.1, -0.05) is 0 Å². The summed E-state index contributed by atoms with van der Waals surface area (Å²) in [6, 6.07) is 1.60. The molecule has 2 amide bonds. The molecule has 0 saturated carbocycles. The Morgan fingerprint density at radius 1 is 1.29 bits per heavy atom. The second-order valence-corrected chi connectivity index (χ2v) is 5.94. The molecule has 0 radical (unpaired) electrons. The van der Waals surface area contributed by atoms with Crippen molar-refractivity contribution in [1.82, 2.24) is 24.9 Å². The predicted molar refractivity (Wildman–Crippen MR) is 76.6 cm³/mol. The maximum absolute atomic E-state index is 12.6. The molecule has 2 aliphatic heterocycles. The lowest BCUT2D eigenvalue weighted by Gasteiger charge is -2.45. The Morgan fingerprint density at radius 2 is 2.05 bits per heavy atom. The summed E-state index contributed by atoms with van der Waals surface area (Å²) in [5.74, 6) is 0.378. The van der Waals surface area contributed by atoms with Gasteiger partial charge in [-0.3, -0.25) is 14.7 Å². The Balaban J connectivity index is 1.63. The molecule has 7 heteroatoms. The lowest BCUT2D eigenvalue weighted by Crippen LogP contribution is -2.63. The van der Waals surface area contributed by atoms with Gasteiger partial charge in [0, 0.05) is 57.5 Å². The summed E-state index contributed by atoms with van der Waals surface area (Å²) in [6.45, 7) is 5.00. The van der Waals surface area contributed by atoms with Gasteiger partial charge in [-0.2, -0.15) is 5.10 Å². The monoisotopic (exact) mass is 291 g/mol. The Hall–Kier alpha value is -1.89. The van der Waals surface area contributed by atoms with Crippen LogP contribution >= 0.6 is 0 Å². The Bertz CT molecular complexity index is 523. The number of hydrogen-bond donors (Lipinski definition) is 1. The fourth-order valence-corrected chi connectivity index (χ4v) is 3.07. The fourth-order valence-electron chi connectivity index (χ4n) is 3.07. The van der Waals surface area contributed by atoms with Crippen LogP contribution < -0.4 is 0 Å². The van der Waals surface area contributed by atoms with Crippen LogP contribution in [0.1, 0.15) is 18.5 Å². The third-order valence-electron chi connectivity index (χ3n) is 4.43. The summed E-state index contributed by atoms with van der Waals surface area (Å²) in [4.78, 5) is 30.0. The number of piperazine rings is 1. The summed E-state index contributed by atoms with van der Waals surface area (Å²) in [5, 5.41) is 6.89. The molecule has 2 fully saturated rings. The van der Waals surface area contributed by atoms with Gasteiger partial charge in [0.05, 0.1) is 0 Å². The first-order valence-corrected chi connectivity index (χ1v) is 7.30. The van der Waals surface area contributed by atoms with E-state index in [1.165, 1.54) is 6.92 Å². The van der Waals surface area contributed by atoms with Crippen molar-refractivity contribution in [3.05, 3.63) is 18.0 Å². The second kappa shape index (κ2) is 5.48.